The fourth-order valence-corrected chi connectivity index (χ4v) is 4.00. The first-order chi connectivity index (χ1) is 14.3. The minimum Gasteiger partial charge on any atom is -0.258 e. The molecule has 0 saturated carbocycles. The number of halogens is 3. The predicted octanol–water partition coefficient (Wildman–Crippen LogP) is 6.44. The van der Waals surface area contributed by atoms with Crippen LogP contribution in [0.25, 0.3) is 11.3 Å². The second kappa shape index (κ2) is 9.57. The Kier molecular flexibility index (Phi) is 7.10. The molecule has 0 aliphatic carbocycles. The van der Waals surface area contributed by atoms with E-state index < -0.39 is 4.92 Å². The van der Waals surface area contributed by atoms with Gasteiger partial charge < -0.3 is 0 Å². The molecule has 1 heterocycles. The third-order valence-corrected chi connectivity index (χ3v) is 5.59. The van der Waals surface area contributed by atoms with Crippen LogP contribution in [0.3, 0.4) is 0 Å². The van der Waals surface area contributed by atoms with E-state index in [1.54, 1.807) is 28.9 Å². The van der Waals surface area contributed by atoms with Crippen molar-refractivity contribution in [1.29, 1.82) is 0 Å². The second-order valence-electron chi connectivity index (χ2n) is 6.33. The highest BCUT2D eigenvalue weighted by atomic mass is 35.5. The third kappa shape index (κ3) is 5.17. The molecule has 30 heavy (non-hydrogen) atoms. The number of hydrogen-bond acceptors (Lipinski definition) is 5. The lowest BCUT2D eigenvalue weighted by atomic mass is 10.2. The van der Waals surface area contributed by atoms with Gasteiger partial charge in [-0.05, 0) is 31.2 Å². The van der Waals surface area contributed by atoms with Gasteiger partial charge in [-0.2, -0.15) is 5.10 Å². The highest BCUT2D eigenvalue weighted by molar-refractivity contribution is 7.07. The molecule has 3 rings (SSSR count). The van der Waals surface area contributed by atoms with Gasteiger partial charge in [-0.15, -0.1) is 11.3 Å². The Morgan fingerprint density at radius 1 is 1.23 bits per heavy atom. The molecule has 0 unspecified atom stereocenters. The fourth-order valence-electron chi connectivity index (χ4n) is 2.48. The molecule has 0 fully saturated rings. The monoisotopic (exact) mass is 480 g/mol. The summed E-state index contributed by atoms with van der Waals surface area (Å²) in [5.41, 5.74) is 2.67. The highest BCUT2D eigenvalue weighted by Gasteiger charge is 2.13. The van der Waals surface area contributed by atoms with Crippen LogP contribution in [0.5, 0.6) is 0 Å². The second-order valence-corrected chi connectivity index (χ2v) is 8.41. The van der Waals surface area contributed by atoms with Gasteiger partial charge in [-0.3, -0.25) is 15.1 Å². The van der Waals surface area contributed by atoms with Crippen LogP contribution in [-0.2, 0) is 0 Å². The average Bonchev–Trinajstić information content (AvgIpc) is 3.08. The number of benzene rings is 2. The molecule has 0 aliphatic rings. The summed E-state index contributed by atoms with van der Waals surface area (Å²) in [7, 11) is 0. The van der Waals surface area contributed by atoms with Gasteiger partial charge in [0.2, 0.25) is 4.80 Å². The number of thiazole rings is 1. The maximum atomic E-state index is 11.1. The minimum absolute atomic E-state index is 0.0612. The molecule has 6 nitrogen and oxygen atoms in total. The van der Waals surface area contributed by atoms with Gasteiger partial charge in [0.25, 0.3) is 5.69 Å². The molecule has 1 aromatic heterocycles. The molecule has 2 aromatic carbocycles. The van der Waals surface area contributed by atoms with E-state index in [2.05, 4.69) is 16.7 Å². The molecule has 154 valence electrons. The number of nitro groups is 1. The Labute approximate surface area is 191 Å². The fraction of sp³-hybridized carbons (Fsp3) is 0.100. The van der Waals surface area contributed by atoms with Crippen molar-refractivity contribution in [2.75, 3.05) is 6.54 Å². The molecule has 3 aromatic rings. The molecule has 0 amide bonds. The van der Waals surface area contributed by atoms with Gasteiger partial charge in [-0.1, -0.05) is 53.0 Å². The summed E-state index contributed by atoms with van der Waals surface area (Å²) in [6.07, 6.45) is 1.50. The van der Waals surface area contributed by atoms with Gasteiger partial charge in [0.1, 0.15) is 5.02 Å². The van der Waals surface area contributed by atoms with Crippen molar-refractivity contribution in [2.24, 2.45) is 10.1 Å². The van der Waals surface area contributed by atoms with Crippen molar-refractivity contribution in [1.82, 2.24) is 4.68 Å². The smallest absolute Gasteiger partial charge is 0.258 e. The van der Waals surface area contributed by atoms with Gasteiger partial charge >= 0.3 is 0 Å². The van der Waals surface area contributed by atoms with E-state index in [1.165, 1.54) is 29.7 Å². The molecule has 0 radical (unpaired) electrons. The Morgan fingerprint density at radius 3 is 2.67 bits per heavy atom. The van der Waals surface area contributed by atoms with Crippen LogP contribution in [0.4, 0.5) is 5.69 Å². The predicted molar refractivity (Wildman–Crippen MR) is 124 cm³/mol. The summed E-state index contributed by atoms with van der Waals surface area (Å²) < 4.78 is 1.63. The summed E-state index contributed by atoms with van der Waals surface area (Å²) in [5.74, 6) is 0. The van der Waals surface area contributed by atoms with E-state index in [0.29, 0.717) is 32.6 Å². The zero-order valence-corrected chi connectivity index (χ0v) is 18.8. The van der Waals surface area contributed by atoms with Gasteiger partial charge in [0.15, 0.2) is 0 Å². The van der Waals surface area contributed by atoms with Crippen LogP contribution in [0.15, 0.2) is 64.0 Å². The number of nitro benzene ring substituents is 1. The Bertz CT molecular complexity index is 1230. The molecular weight excluding hydrogens is 467 g/mol. The van der Waals surface area contributed by atoms with Crippen molar-refractivity contribution < 1.29 is 4.92 Å². The van der Waals surface area contributed by atoms with E-state index in [0.717, 1.165) is 11.1 Å². The van der Waals surface area contributed by atoms with Crippen molar-refractivity contribution in [3.05, 3.63) is 89.5 Å². The zero-order valence-electron chi connectivity index (χ0n) is 15.7. The lowest BCUT2D eigenvalue weighted by Gasteiger charge is -2.06. The first-order valence-corrected chi connectivity index (χ1v) is 10.6. The van der Waals surface area contributed by atoms with E-state index in [9.17, 15) is 10.1 Å². The first kappa shape index (κ1) is 22.2. The van der Waals surface area contributed by atoms with Gasteiger partial charge in [0.05, 0.1) is 28.4 Å². The Hall–Kier alpha value is -2.45. The van der Waals surface area contributed by atoms with Crippen molar-refractivity contribution in [2.45, 2.75) is 6.92 Å². The van der Waals surface area contributed by atoms with E-state index in [1.807, 2.05) is 12.3 Å². The summed E-state index contributed by atoms with van der Waals surface area (Å²) in [5, 5.41) is 18.6. The van der Waals surface area contributed by atoms with Crippen LogP contribution in [0.1, 0.15) is 12.5 Å². The minimum atomic E-state index is -0.538. The van der Waals surface area contributed by atoms with Gasteiger partial charge in [-0.25, -0.2) is 4.68 Å². The normalized spacial score (nSPS) is 11.9. The van der Waals surface area contributed by atoms with Crippen LogP contribution in [-0.4, -0.2) is 22.4 Å². The van der Waals surface area contributed by atoms with Crippen LogP contribution >= 0.6 is 46.1 Å². The van der Waals surface area contributed by atoms with E-state index in [4.69, 9.17) is 34.8 Å². The summed E-state index contributed by atoms with van der Waals surface area (Å²) in [4.78, 5) is 15.8. The maximum absolute atomic E-state index is 11.1. The standard InChI is InChI=1S/C20H15Cl3N4O2S/c1-12(2)9-24-20-26(19(11-30-20)15-5-4-14(21)8-17(15)23)25-10-13-3-6-16(22)18(7-13)27(28)29/h3-8,10-11H,1,9H2,2H3. The zero-order chi connectivity index (χ0) is 21.8. The first-order valence-electron chi connectivity index (χ1n) is 8.55. The third-order valence-electron chi connectivity index (χ3n) is 3.87. The molecule has 0 bridgehead atoms. The lowest BCUT2D eigenvalue weighted by Crippen LogP contribution is -2.13. The largest absolute Gasteiger partial charge is 0.288 e. The van der Waals surface area contributed by atoms with E-state index in [-0.39, 0.29) is 10.7 Å². The van der Waals surface area contributed by atoms with Crippen LogP contribution in [0, 0.1) is 10.1 Å². The number of nitrogens with zero attached hydrogens (tertiary/aromatic N) is 4. The van der Waals surface area contributed by atoms with Crippen molar-refractivity contribution >= 4 is 58.0 Å². The van der Waals surface area contributed by atoms with E-state index >= 15 is 0 Å². The molecule has 0 spiro atoms. The summed E-state index contributed by atoms with van der Waals surface area (Å²) in [6, 6.07) is 9.65. The van der Waals surface area contributed by atoms with Crippen LogP contribution in [0.2, 0.25) is 15.1 Å². The molecule has 0 N–H and O–H groups in total. The molecular formula is C20H15Cl3N4O2S. The SMILES string of the molecule is C=C(C)CN=c1scc(-c2ccc(Cl)cc2Cl)n1N=Cc1ccc(Cl)c([N+](=O)[O-])c1. The Balaban J connectivity index is 2.12. The maximum Gasteiger partial charge on any atom is 0.288 e. The van der Waals surface area contributed by atoms with Crippen LogP contribution < -0.4 is 4.80 Å². The highest BCUT2D eigenvalue weighted by Crippen LogP contribution is 2.31. The Morgan fingerprint density at radius 2 is 2.00 bits per heavy atom. The summed E-state index contributed by atoms with van der Waals surface area (Å²) >= 11 is 19.7. The van der Waals surface area contributed by atoms with Crippen molar-refractivity contribution in [3.63, 3.8) is 0 Å². The topological polar surface area (TPSA) is 72.8 Å². The average molecular weight is 482 g/mol. The number of hydrogen-bond donors (Lipinski definition) is 0. The molecule has 0 aliphatic heterocycles. The lowest BCUT2D eigenvalue weighted by molar-refractivity contribution is -0.384. The number of rotatable bonds is 6. The quantitative estimate of drug-likeness (QED) is 0.176. The molecule has 0 saturated heterocycles. The molecule has 0 atom stereocenters. The van der Waals surface area contributed by atoms with Gasteiger partial charge in [0, 0.05) is 27.6 Å². The van der Waals surface area contributed by atoms with Crippen molar-refractivity contribution in [3.8, 4) is 11.3 Å². The summed E-state index contributed by atoms with van der Waals surface area (Å²) in [6.45, 7) is 6.19. The number of aromatic nitrogens is 1. The molecule has 10 heteroatoms.